The van der Waals surface area contributed by atoms with Crippen LogP contribution in [0.25, 0.3) is 11.1 Å². The molecule has 1 unspecified atom stereocenters. The quantitative estimate of drug-likeness (QED) is 0.502. The van der Waals surface area contributed by atoms with Crippen LogP contribution in [0.3, 0.4) is 0 Å². The Labute approximate surface area is 200 Å². The number of hydrogen-bond donors (Lipinski definition) is 2. The maximum Gasteiger partial charge on any atom is 0.407 e. The maximum absolute atomic E-state index is 13.7. The van der Waals surface area contributed by atoms with Gasteiger partial charge in [-0.3, -0.25) is 0 Å². The molecule has 5 nitrogen and oxygen atoms in total. The Bertz CT molecular complexity index is 1310. The van der Waals surface area contributed by atoms with Crippen LogP contribution in [0.5, 0.6) is 0 Å². The zero-order valence-corrected chi connectivity index (χ0v) is 18.8. The molecule has 35 heavy (non-hydrogen) atoms. The number of carbonyl (C=O) groups is 2. The summed E-state index contributed by atoms with van der Waals surface area (Å²) in [7, 11) is 0. The second kappa shape index (κ2) is 7.63. The number of fused-ring (bicyclic) bond motifs is 3. The van der Waals surface area contributed by atoms with Gasteiger partial charge in [-0.25, -0.2) is 18.4 Å². The Kier molecular flexibility index (Phi) is 4.75. The zero-order valence-electron chi connectivity index (χ0n) is 18.8. The molecule has 7 rings (SSSR count). The number of ether oxygens (including phenoxy) is 1. The molecular formula is C28H23F2NO4. The summed E-state index contributed by atoms with van der Waals surface area (Å²) in [4.78, 5) is 24.7. The summed E-state index contributed by atoms with van der Waals surface area (Å²) >= 11 is 0. The molecule has 0 aliphatic heterocycles. The fraction of sp³-hybridized carbons (Fsp3) is 0.286. The minimum atomic E-state index is -1.13. The van der Waals surface area contributed by atoms with Crippen molar-refractivity contribution in [3.05, 3.63) is 95.1 Å². The molecule has 3 fully saturated rings. The highest BCUT2D eigenvalue weighted by Gasteiger charge is 2.72. The van der Waals surface area contributed by atoms with Gasteiger partial charge in [0.15, 0.2) is 11.6 Å². The predicted molar refractivity (Wildman–Crippen MR) is 124 cm³/mol. The van der Waals surface area contributed by atoms with Gasteiger partial charge in [-0.2, -0.15) is 0 Å². The highest BCUT2D eigenvalue weighted by molar-refractivity contribution is 5.82. The first-order valence-electron chi connectivity index (χ1n) is 11.6. The van der Waals surface area contributed by atoms with Gasteiger partial charge in [0.05, 0.1) is 0 Å². The molecule has 4 aliphatic rings. The standard InChI is InChI=1S/C28H23F2NO4/c29-22-10-9-16(11-23(22)30)27-13-28(14-27,15-27)24(25(32)33)31-26(34)35-12-21-19-7-3-1-5-17(19)18-6-2-4-8-20(18)21/h1-11,21,24H,12-15H2,(H,31,34)(H,32,33). The second-order valence-corrected chi connectivity index (χ2v) is 10.0. The SMILES string of the molecule is O=C(NC(C(=O)O)C12CC(c3ccc(F)c(F)c3)(C1)C2)OCC1c2ccccc2-c2ccccc21. The summed E-state index contributed by atoms with van der Waals surface area (Å²) in [5.41, 5.74) is 4.07. The van der Waals surface area contributed by atoms with Crippen LogP contribution in [0, 0.1) is 17.0 Å². The van der Waals surface area contributed by atoms with Gasteiger partial charge in [0.25, 0.3) is 0 Å². The van der Waals surface area contributed by atoms with Crippen molar-refractivity contribution >= 4 is 12.1 Å². The van der Waals surface area contributed by atoms with Crippen LogP contribution in [0.4, 0.5) is 13.6 Å². The second-order valence-electron chi connectivity index (χ2n) is 10.0. The van der Waals surface area contributed by atoms with Crippen LogP contribution in [0.1, 0.15) is 41.9 Å². The van der Waals surface area contributed by atoms with Crippen molar-refractivity contribution in [3.63, 3.8) is 0 Å². The fourth-order valence-corrected chi connectivity index (χ4v) is 6.54. The molecular weight excluding hydrogens is 452 g/mol. The van der Waals surface area contributed by atoms with Crippen LogP contribution < -0.4 is 5.32 Å². The minimum absolute atomic E-state index is 0.0952. The molecule has 0 saturated heterocycles. The molecule has 0 spiro atoms. The van der Waals surface area contributed by atoms with E-state index in [1.165, 1.54) is 6.07 Å². The highest BCUT2D eigenvalue weighted by atomic mass is 19.2. The van der Waals surface area contributed by atoms with E-state index < -0.39 is 35.2 Å². The van der Waals surface area contributed by atoms with Gasteiger partial charge >= 0.3 is 12.1 Å². The van der Waals surface area contributed by atoms with Crippen LogP contribution in [0.2, 0.25) is 0 Å². The van der Waals surface area contributed by atoms with E-state index in [2.05, 4.69) is 5.32 Å². The maximum atomic E-state index is 13.7. The molecule has 1 atom stereocenters. The fourth-order valence-electron chi connectivity index (χ4n) is 6.54. The van der Waals surface area contributed by atoms with Crippen molar-refractivity contribution in [2.75, 3.05) is 6.61 Å². The van der Waals surface area contributed by atoms with E-state index in [4.69, 9.17) is 4.74 Å². The van der Waals surface area contributed by atoms with Gasteiger partial charge in [-0.1, -0.05) is 54.6 Å². The average Bonchev–Trinajstić information content (AvgIpc) is 3.11. The van der Waals surface area contributed by atoms with Crippen molar-refractivity contribution in [3.8, 4) is 11.1 Å². The number of alkyl carbamates (subject to hydrolysis) is 1. The van der Waals surface area contributed by atoms with Gasteiger partial charge in [0.1, 0.15) is 12.6 Å². The smallest absolute Gasteiger partial charge is 0.407 e. The van der Waals surface area contributed by atoms with Gasteiger partial charge < -0.3 is 15.2 Å². The average molecular weight is 475 g/mol. The van der Waals surface area contributed by atoms with E-state index in [1.807, 2.05) is 48.5 Å². The molecule has 0 aromatic heterocycles. The Morgan fingerprint density at radius 3 is 2.11 bits per heavy atom. The summed E-state index contributed by atoms with van der Waals surface area (Å²) in [6.07, 6.45) is 0.703. The number of benzene rings is 3. The summed E-state index contributed by atoms with van der Waals surface area (Å²) < 4.78 is 32.5. The van der Waals surface area contributed by atoms with Crippen LogP contribution >= 0.6 is 0 Å². The molecule has 7 heteroatoms. The topological polar surface area (TPSA) is 75.6 Å². The normalized spacial score (nSPS) is 24.4. The van der Waals surface area contributed by atoms with Crippen LogP contribution in [-0.4, -0.2) is 29.8 Å². The van der Waals surface area contributed by atoms with Crippen molar-refractivity contribution in [2.24, 2.45) is 5.41 Å². The lowest BCUT2D eigenvalue weighted by Gasteiger charge is -2.72. The van der Waals surface area contributed by atoms with E-state index in [-0.39, 0.29) is 17.9 Å². The molecule has 178 valence electrons. The van der Waals surface area contributed by atoms with E-state index in [0.717, 1.165) is 28.3 Å². The van der Waals surface area contributed by atoms with Crippen molar-refractivity contribution in [1.29, 1.82) is 0 Å². The molecule has 4 aliphatic carbocycles. The van der Waals surface area contributed by atoms with Crippen LogP contribution in [0.15, 0.2) is 66.7 Å². The Hall–Kier alpha value is -3.74. The molecule has 1 amide bonds. The van der Waals surface area contributed by atoms with Crippen molar-refractivity contribution < 1.29 is 28.2 Å². The largest absolute Gasteiger partial charge is 0.480 e. The number of nitrogens with one attached hydrogen (secondary N) is 1. The van der Waals surface area contributed by atoms with Gasteiger partial charge in [0, 0.05) is 11.3 Å². The number of aliphatic carboxylic acids is 1. The number of carbonyl (C=O) groups excluding carboxylic acids is 1. The van der Waals surface area contributed by atoms with E-state index in [9.17, 15) is 23.5 Å². The zero-order chi connectivity index (χ0) is 24.4. The molecule has 3 aromatic rings. The number of hydrogen-bond acceptors (Lipinski definition) is 3. The molecule has 3 saturated carbocycles. The minimum Gasteiger partial charge on any atom is -0.480 e. The number of rotatable bonds is 6. The number of amides is 1. The van der Waals surface area contributed by atoms with E-state index >= 15 is 0 Å². The summed E-state index contributed by atoms with van der Waals surface area (Å²) in [6.45, 7) is 0.0952. The first kappa shape index (κ1) is 21.8. The first-order chi connectivity index (χ1) is 16.8. The molecule has 2 bridgehead atoms. The van der Waals surface area contributed by atoms with Gasteiger partial charge in [-0.15, -0.1) is 0 Å². The third kappa shape index (κ3) is 3.25. The molecule has 0 radical (unpaired) electrons. The first-order valence-corrected chi connectivity index (χ1v) is 11.6. The Balaban J connectivity index is 1.13. The monoisotopic (exact) mass is 475 g/mol. The lowest BCUT2D eigenvalue weighted by Crippen LogP contribution is -2.73. The molecule has 2 N–H and O–H groups in total. The van der Waals surface area contributed by atoms with Crippen LogP contribution in [-0.2, 0) is 14.9 Å². The highest BCUT2D eigenvalue weighted by Crippen LogP contribution is 2.75. The number of halogens is 2. The third-order valence-corrected chi connectivity index (χ3v) is 8.07. The lowest BCUT2D eigenvalue weighted by atomic mass is 9.31. The Morgan fingerprint density at radius 1 is 0.943 bits per heavy atom. The number of carboxylic acid groups (broad SMARTS) is 1. The molecule has 3 aromatic carbocycles. The third-order valence-electron chi connectivity index (χ3n) is 8.07. The lowest BCUT2D eigenvalue weighted by molar-refractivity contribution is -0.183. The predicted octanol–water partition coefficient (Wildman–Crippen LogP) is 5.38. The summed E-state index contributed by atoms with van der Waals surface area (Å²) in [6, 6.07) is 18.7. The van der Waals surface area contributed by atoms with E-state index in [1.54, 1.807) is 6.07 Å². The number of carboxylic acids is 1. The summed E-state index contributed by atoms with van der Waals surface area (Å²) in [5.74, 6) is -3.07. The van der Waals surface area contributed by atoms with Crippen molar-refractivity contribution in [2.45, 2.75) is 36.6 Å². The van der Waals surface area contributed by atoms with E-state index in [0.29, 0.717) is 24.8 Å². The molecule has 0 heterocycles. The van der Waals surface area contributed by atoms with Gasteiger partial charge in [0.2, 0.25) is 0 Å². The van der Waals surface area contributed by atoms with Gasteiger partial charge in [-0.05, 0) is 64.6 Å². The summed E-state index contributed by atoms with van der Waals surface area (Å²) in [5, 5.41) is 12.4. The Morgan fingerprint density at radius 2 is 1.54 bits per heavy atom. The van der Waals surface area contributed by atoms with Crippen molar-refractivity contribution in [1.82, 2.24) is 5.32 Å².